The van der Waals surface area contributed by atoms with Gasteiger partial charge in [-0.25, -0.2) is 0 Å². The Morgan fingerprint density at radius 3 is 2.41 bits per heavy atom. The van der Waals surface area contributed by atoms with Crippen molar-refractivity contribution < 1.29 is 29.2 Å². The summed E-state index contributed by atoms with van der Waals surface area (Å²) in [6, 6.07) is 0.625. The minimum atomic E-state index is -1.21. The number of likely N-dealkylation sites (tertiary alicyclic amines) is 1. The summed E-state index contributed by atoms with van der Waals surface area (Å²) in [5, 5.41) is 23.8. The van der Waals surface area contributed by atoms with Gasteiger partial charge in [0.15, 0.2) is 6.29 Å². The summed E-state index contributed by atoms with van der Waals surface area (Å²) in [5.41, 5.74) is 4.86. The molecular formula is C40H67N3O6. The number of ether oxygens (including phenoxy) is 4. The van der Waals surface area contributed by atoms with Crippen LogP contribution in [0.5, 0.6) is 0 Å². The standard InChI is InChI=1S/C40H67N3O6/c1-10-46-32(35(5,6)45)26-19-24(2)31-36(7)15-16-39-23-38(39)14-13-29(48-30-22-43(17-18-47-30)25-20-42(9)21-25)34(3,4)27(38)11-12-28(39)37(36,8)33(44)40(31,41)49-26/h11-12,24-33,44-45H,10,13-23,41H2,1-9H3/t24-,26-,27?,28+,29+,30+,31-,32+,33-,36-,37-,38-,39+,40+/m1/s1. The molecule has 0 amide bonds. The monoisotopic (exact) mass is 686 g/mol. The summed E-state index contributed by atoms with van der Waals surface area (Å²) in [6.45, 7) is 22.8. The predicted molar refractivity (Wildman–Crippen MR) is 188 cm³/mol. The highest BCUT2D eigenvalue weighted by Crippen LogP contribution is 2.88. The molecule has 8 rings (SSSR count). The number of fused-ring (bicyclic) bond motifs is 4. The molecule has 3 saturated heterocycles. The summed E-state index contributed by atoms with van der Waals surface area (Å²) in [5.74, 6) is 0.877. The van der Waals surface area contributed by atoms with E-state index in [0.29, 0.717) is 18.6 Å². The number of hydrogen-bond acceptors (Lipinski definition) is 9. The molecule has 49 heavy (non-hydrogen) atoms. The molecule has 278 valence electrons. The zero-order chi connectivity index (χ0) is 35.2. The maximum atomic E-state index is 12.7. The zero-order valence-corrected chi connectivity index (χ0v) is 31.9. The summed E-state index contributed by atoms with van der Waals surface area (Å²) < 4.78 is 26.2. The molecule has 1 unspecified atom stereocenters. The SMILES string of the molecule is CCO[C@@H]([C@H]1C[C@@H](C)[C@H]2[C@](N)(O1)[C@H](O)[C@@]1(C)[C@@H]3C=CC4C(C)(C)[C@@H](O[C@H]5CN(C6CN(C)C6)CCO5)CC[C@@]45C[C@@]35CC[C@]21C)C(C)(C)O. The molecule has 0 aromatic heterocycles. The first-order valence-electron chi connectivity index (χ1n) is 19.8. The van der Waals surface area contributed by atoms with Gasteiger partial charge in [-0.3, -0.25) is 4.90 Å². The first kappa shape index (κ1) is 35.4. The fraction of sp³-hybridized carbons (Fsp3) is 0.950. The highest BCUT2D eigenvalue weighted by Gasteiger charge is 2.85. The molecule has 9 heteroatoms. The fourth-order valence-corrected chi connectivity index (χ4v) is 14.4. The van der Waals surface area contributed by atoms with Crippen molar-refractivity contribution in [3.05, 3.63) is 12.2 Å². The summed E-state index contributed by atoms with van der Waals surface area (Å²) in [4.78, 5) is 4.96. The summed E-state index contributed by atoms with van der Waals surface area (Å²) in [7, 11) is 2.20. The number of aliphatic hydroxyl groups excluding tert-OH is 1. The van der Waals surface area contributed by atoms with Crippen LogP contribution in [0.2, 0.25) is 0 Å². The molecule has 7 fully saturated rings. The molecule has 2 spiro atoms. The van der Waals surface area contributed by atoms with Crippen molar-refractivity contribution in [3.63, 3.8) is 0 Å². The lowest BCUT2D eigenvalue weighted by Gasteiger charge is -2.61. The van der Waals surface area contributed by atoms with Crippen molar-refractivity contribution in [1.82, 2.24) is 9.80 Å². The van der Waals surface area contributed by atoms with Gasteiger partial charge in [0, 0.05) is 50.2 Å². The van der Waals surface area contributed by atoms with Gasteiger partial charge in [-0.15, -0.1) is 0 Å². The molecule has 9 nitrogen and oxygen atoms in total. The zero-order valence-electron chi connectivity index (χ0n) is 31.9. The number of aliphatic hydroxyl groups is 2. The van der Waals surface area contributed by atoms with Crippen molar-refractivity contribution >= 4 is 0 Å². The topological polar surface area (TPSA) is 110 Å². The van der Waals surface area contributed by atoms with Gasteiger partial charge < -0.3 is 39.8 Å². The second kappa shape index (κ2) is 11.2. The first-order valence-corrected chi connectivity index (χ1v) is 19.8. The van der Waals surface area contributed by atoms with E-state index in [-0.39, 0.29) is 51.8 Å². The Labute approximate surface area is 295 Å². The molecule has 8 aliphatic rings. The van der Waals surface area contributed by atoms with Crippen molar-refractivity contribution in [2.45, 2.75) is 142 Å². The maximum Gasteiger partial charge on any atom is 0.170 e. The van der Waals surface area contributed by atoms with Crippen LogP contribution in [0, 0.1) is 50.7 Å². The molecule has 3 aliphatic heterocycles. The molecule has 14 atom stereocenters. The third kappa shape index (κ3) is 4.62. The van der Waals surface area contributed by atoms with Crippen LogP contribution < -0.4 is 5.73 Å². The normalized spacial score (nSPS) is 53.1. The van der Waals surface area contributed by atoms with Crippen LogP contribution in [-0.2, 0) is 18.9 Å². The second-order valence-corrected chi connectivity index (χ2v) is 19.8. The lowest BCUT2D eigenvalue weighted by molar-refractivity contribution is -0.259. The maximum absolute atomic E-state index is 12.7. The van der Waals surface area contributed by atoms with E-state index in [0.717, 1.165) is 58.5 Å². The van der Waals surface area contributed by atoms with Crippen molar-refractivity contribution in [2.75, 3.05) is 46.4 Å². The number of nitrogens with two attached hydrogens (primary N) is 1. The van der Waals surface area contributed by atoms with E-state index in [4.69, 9.17) is 24.7 Å². The van der Waals surface area contributed by atoms with Gasteiger partial charge in [0.2, 0.25) is 0 Å². The molecule has 0 radical (unpaired) electrons. The number of rotatable bonds is 7. The van der Waals surface area contributed by atoms with E-state index < -0.39 is 35.1 Å². The van der Waals surface area contributed by atoms with Gasteiger partial charge in [-0.1, -0.05) is 46.8 Å². The van der Waals surface area contributed by atoms with E-state index in [1.807, 2.05) is 6.92 Å². The molecule has 0 aromatic carbocycles. The summed E-state index contributed by atoms with van der Waals surface area (Å²) >= 11 is 0. The Balaban J connectivity index is 1.06. The Bertz CT molecular complexity index is 1330. The van der Waals surface area contributed by atoms with E-state index >= 15 is 0 Å². The van der Waals surface area contributed by atoms with Gasteiger partial charge in [0.25, 0.3) is 0 Å². The average Bonchev–Trinajstić information content (AvgIpc) is 3.65. The van der Waals surface area contributed by atoms with Crippen LogP contribution in [0.25, 0.3) is 0 Å². The second-order valence-electron chi connectivity index (χ2n) is 19.8. The quantitative estimate of drug-likeness (QED) is 0.336. The largest absolute Gasteiger partial charge is 0.388 e. The van der Waals surface area contributed by atoms with E-state index in [9.17, 15) is 10.2 Å². The van der Waals surface area contributed by atoms with Gasteiger partial charge in [-0.05, 0) is 106 Å². The summed E-state index contributed by atoms with van der Waals surface area (Å²) in [6.07, 6.45) is 9.70. The number of nitrogens with zero attached hydrogens (tertiary/aromatic N) is 2. The molecule has 4 N–H and O–H groups in total. The van der Waals surface area contributed by atoms with Crippen molar-refractivity contribution in [3.8, 4) is 0 Å². The van der Waals surface area contributed by atoms with Crippen LogP contribution in [0.15, 0.2) is 12.2 Å². The van der Waals surface area contributed by atoms with E-state index in [1.54, 1.807) is 13.8 Å². The molecular weight excluding hydrogens is 618 g/mol. The Morgan fingerprint density at radius 1 is 1.04 bits per heavy atom. The smallest absolute Gasteiger partial charge is 0.170 e. The van der Waals surface area contributed by atoms with Crippen molar-refractivity contribution in [2.24, 2.45) is 56.5 Å². The van der Waals surface area contributed by atoms with Crippen LogP contribution in [-0.4, -0.2) is 115 Å². The highest BCUT2D eigenvalue weighted by molar-refractivity contribution is 5.39. The van der Waals surface area contributed by atoms with E-state index in [1.165, 1.54) is 12.8 Å². The minimum absolute atomic E-state index is 0.00877. The highest BCUT2D eigenvalue weighted by atomic mass is 16.7. The van der Waals surface area contributed by atoms with E-state index in [2.05, 4.69) is 63.6 Å². The predicted octanol–water partition coefficient (Wildman–Crippen LogP) is 4.40. The lowest BCUT2D eigenvalue weighted by Crippen LogP contribution is -2.66. The molecule has 3 heterocycles. The lowest BCUT2D eigenvalue weighted by atomic mass is 9.43. The minimum Gasteiger partial charge on any atom is -0.388 e. The van der Waals surface area contributed by atoms with Crippen LogP contribution in [0.3, 0.4) is 0 Å². The molecule has 4 saturated carbocycles. The Morgan fingerprint density at radius 2 is 1.73 bits per heavy atom. The van der Waals surface area contributed by atoms with Gasteiger partial charge in [0.05, 0.1) is 24.4 Å². The van der Waals surface area contributed by atoms with Gasteiger partial charge >= 0.3 is 0 Å². The van der Waals surface area contributed by atoms with Gasteiger partial charge in [-0.2, -0.15) is 0 Å². The third-order valence-electron chi connectivity index (χ3n) is 16.7. The molecule has 0 bridgehead atoms. The van der Waals surface area contributed by atoms with Crippen LogP contribution in [0.4, 0.5) is 0 Å². The van der Waals surface area contributed by atoms with Crippen molar-refractivity contribution in [1.29, 1.82) is 0 Å². The number of allylic oxidation sites excluding steroid dienone is 2. The number of hydrogen-bond donors (Lipinski definition) is 3. The third-order valence-corrected chi connectivity index (χ3v) is 16.7. The molecule has 0 aromatic rings. The van der Waals surface area contributed by atoms with Gasteiger partial charge in [0.1, 0.15) is 17.9 Å². The number of morpholine rings is 1. The average molecular weight is 686 g/mol. The Kier molecular flexibility index (Phi) is 8.10. The molecule has 5 aliphatic carbocycles. The fourth-order valence-electron chi connectivity index (χ4n) is 14.4. The Hall–Kier alpha value is -0.620. The number of likely N-dealkylation sites (N-methyl/N-ethyl adjacent to an activating group) is 1. The van der Waals surface area contributed by atoms with Crippen LogP contribution in [0.1, 0.15) is 93.9 Å². The first-order chi connectivity index (χ1) is 22.9. The van der Waals surface area contributed by atoms with Crippen LogP contribution >= 0.6 is 0 Å².